The molecule has 0 aromatic heterocycles. The average Bonchev–Trinajstić information content (AvgIpc) is 2.96. The van der Waals surface area contributed by atoms with Gasteiger partial charge in [0.15, 0.2) is 0 Å². The van der Waals surface area contributed by atoms with E-state index in [-0.39, 0.29) is 24.3 Å². The summed E-state index contributed by atoms with van der Waals surface area (Å²) < 4.78 is 6.00. The fourth-order valence-corrected chi connectivity index (χ4v) is 4.96. The largest absolute Gasteiger partial charge is 0.444 e. The lowest BCUT2D eigenvalue weighted by Gasteiger charge is -2.36. The van der Waals surface area contributed by atoms with Gasteiger partial charge in [0, 0.05) is 32.6 Å². The molecule has 0 bridgehead atoms. The van der Waals surface area contributed by atoms with E-state index in [1.807, 2.05) is 51.7 Å². The highest BCUT2D eigenvalue weighted by atomic mass is 32.2. The molecular weight excluding hydrogens is 434 g/mol. The van der Waals surface area contributed by atoms with Crippen molar-refractivity contribution in [2.75, 3.05) is 31.1 Å². The van der Waals surface area contributed by atoms with Crippen molar-refractivity contribution >= 4 is 51.9 Å². The van der Waals surface area contributed by atoms with Gasteiger partial charge in [-0.05, 0) is 57.9 Å². The third-order valence-electron chi connectivity index (χ3n) is 5.29. The first kappa shape index (κ1) is 23.5. The van der Waals surface area contributed by atoms with Gasteiger partial charge in [-0.3, -0.25) is 9.59 Å². The number of hydrogen-bond acceptors (Lipinski definition) is 6. The Morgan fingerprint density at radius 1 is 1.06 bits per heavy atom. The molecule has 31 heavy (non-hydrogen) atoms. The van der Waals surface area contributed by atoms with Gasteiger partial charge < -0.3 is 14.5 Å². The molecule has 1 aromatic rings. The number of rotatable bonds is 2. The number of hydrogen-bond donors (Lipinski definition) is 0. The number of carbonyl (C=O) groups is 3. The van der Waals surface area contributed by atoms with E-state index >= 15 is 0 Å². The monoisotopic (exact) mass is 463 g/mol. The molecule has 7 nitrogen and oxygen atoms in total. The number of benzene rings is 1. The summed E-state index contributed by atoms with van der Waals surface area (Å²) in [6, 6.07) is 5.59. The zero-order valence-corrected chi connectivity index (χ0v) is 20.3. The van der Waals surface area contributed by atoms with E-state index in [2.05, 4.69) is 0 Å². The van der Waals surface area contributed by atoms with Crippen LogP contribution in [-0.4, -0.2) is 69.1 Å². The molecule has 0 radical (unpaired) electrons. The van der Waals surface area contributed by atoms with Crippen molar-refractivity contribution < 1.29 is 19.1 Å². The van der Waals surface area contributed by atoms with E-state index in [1.54, 1.807) is 11.0 Å². The number of carbonyl (C=O) groups excluding carboxylic acids is 3. The van der Waals surface area contributed by atoms with Crippen LogP contribution >= 0.6 is 24.0 Å². The molecule has 1 atom stereocenters. The van der Waals surface area contributed by atoms with Gasteiger partial charge in [0.05, 0.1) is 5.69 Å². The van der Waals surface area contributed by atoms with Crippen LogP contribution in [0.1, 0.15) is 38.3 Å². The maximum absolute atomic E-state index is 12.9. The molecule has 0 aliphatic carbocycles. The van der Waals surface area contributed by atoms with Crippen LogP contribution in [0.5, 0.6) is 0 Å². The highest BCUT2D eigenvalue weighted by Gasteiger charge is 2.41. The number of thiocarbonyl (C=S) groups is 1. The molecule has 1 aromatic carbocycles. The standard InChI is InChI=1S/C22H29N3O4S2/c1-14-6-7-16(12-15(14)2)25-18(26)13-17(19(25)27)31-21(30)24-10-8-23(9-11-24)20(28)29-22(3,4)5/h6-7,12,17H,8-11,13H2,1-5H3/t17-/m0/s1. The fourth-order valence-electron chi connectivity index (χ4n) is 3.43. The Labute approximate surface area is 193 Å². The summed E-state index contributed by atoms with van der Waals surface area (Å²) in [6.07, 6.45) is -0.194. The van der Waals surface area contributed by atoms with E-state index in [0.29, 0.717) is 36.2 Å². The van der Waals surface area contributed by atoms with Crippen molar-refractivity contribution in [3.63, 3.8) is 0 Å². The predicted molar refractivity (Wildman–Crippen MR) is 126 cm³/mol. The molecule has 2 saturated heterocycles. The number of thioether (sulfide) groups is 1. The van der Waals surface area contributed by atoms with Gasteiger partial charge >= 0.3 is 6.09 Å². The highest BCUT2D eigenvalue weighted by molar-refractivity contribution is 8.23. The van der Waals surface area contributed by atoms with E-state index in [4.69, 9.17) is 17.0 Å². The predicted octanol–water partition coefficient (Wildman–Crippen LogP) is 3.51. The van der Waals surface area contributed by atoms with Gasteiger partial charge in [-0.15, -0.1) is 0 Å². The van der Waals surface area contributed by atoms with Crippen LogP contribution in [0.15, 0.2) is 18.2 Å². The van der Waals surface area contributed by atoms with Crippen LogP contribution in [-0.2, 0) is 14.3 Å². The first-order valence-electron chi connectivity index (χ1n) is 10.3. The first-order chi connectivity index (χ1) is 14.5. The van der Waals surface area contributed by atoms with Crippen LogP contribution in [0, 0.1) is 13.8 Å². The van der Waals surface area contributed by atoms with Crippen molar-refractivity contribution in [2.24, 2.45) is 0 Å². The number of amides is 3. The van der Waals surface area contributed by atoms with Crippen molar-refractivity contribution in [1.82, 2.24) is 9.80 Å². The lowest BCUT2D eigenvalue weighted by Crippen LogP contribution is -2.51. The smallest absolute Gasteiger partial charge is 0.410 e. The molecule has 0 spiro atoms. The van der Waals surface area contributed by atoms with Crippen LogP contribution in [0.3, 0.4) is 0 Å². The van der Waals surface area contributed by atoms with Gasteiger partial charge in [-0.2, -0.15) is 0 Å². The van der Waals surface area contributed by atoms with E-state index in [1.165, 1.54) is 16.7 Å². The summed E-state index contributed by atoms with van der Waals surface area (Å²) in [7, 11) is 0. The fraction of sp³-hybridized carbons (Fsp3) is 0.545. The van der Waals surface area contributed by atoms with Crippen LogP contribution in [0.25, 0.3) is 0 Å². The molecule has 0 unspecified atom stereocenters. The first-order valence-corrected chi connectivity index (χ1v) is 11.6. The Kier molecular flexibility index (Phi) is 6.95. The maximum atomic E-state index is 12.9. The molecule has 2 fully saturated rings. The minimum Gasteiger partial charge on any atom is -0.444 e. The highest BCUT2D eigenvalue weighted by Crippen LogP contribution is 2.32. The van der Waals surface area contributed by atoms with Gasteiger partial charge in [0.1, 0.15) is 15.2 Å². The lowest BCUT2D eigenvalue weighted by molar-refractivity contribution is -0.121. The number of aryl methyl sites for hydroxylation is 2. The summed E-state index contributed by atoms with van der Waals surface area (Å²) in [5.74, 6) is -0.434. The molecule has 168 valence electrons. The van der Waals surface area contributed by atoms with Crippen molar-refractivity contribution in [3.05, 3.63) is 29.3 Å². The summed E-state index contributed by atoms with van der Waals surface area (Å²) >= 11 is 6.82. The molecule has 3 rings (SSSR count). The number of anilines is 1. The Bertz CT molecular complexity index is 905. The molecule has 2 heterocycles. The SMILES string of the molecule is Cc1ccc(N2C(=O)C[C@H](SC(=S)N3CCN(C(=O)OC(C)(C)C)CC3)C2=O)cc1C. The third kappa shape index (κ3) is 5.57. The molecule has 2 aliphatic heterocycles. The van der Waals surface area contributed by atoms with Crippen LogP contribution in [0.4, 0.5) is 10.5 Å². The van der Waals surface area contributed by atoms with Crippen LogP contribution < -0.4 is 4.90 Å². The van der Waals surface area contributed by atoms with Gasteiger partial charge in [0.2, 0.25) is 11.8 Å². The van der Waals surface area contributed by atoms with Crippen LogP contribution in [0.2, 0.25) is 0 Å². The molecule has 3 amide bonds. The normalized spacial score (nSPS) is 19.8. The summed E-state index contributed by atoms with van der Waals surface area (Å²) in [4.78, 5) is 42.6. The number of nitrogens with zero attached hydrogens (tertiary/aromatic N) is 3. The molecule has 9 heteroatoms. The van der Waals surface area contributed by atoms with E-state index in [0.717, 1.165) is 11.1 Å². The summed E-state index contributed by atoms with van der Waals surface area (Å²) in [5.41, 5.74) is 2.22. The molecule has 0 saturated carbocycles. The Balaban J connectivity index is 1.56. The maximum Gasteiger partial charge on any atom is 0.410 e. The number of piperazine rings is 1. The second kappa shape index (κ2) is 9.16. The van der Waals surface area contributed by atoms with Crippen molar-refractivity contribution in [2.45, 2.75) is 51.9 Å². The number of ether oxygens (including phenoxy) is 1. The van der Waals surface area contributed by atoms with E-state index < -0.39 is 10.9 Å². The summed E-state index contributed by atoms with van der Waals surface area (Å²) in [5, 5.41) is -0.523. The zero-order valence-electron chi connectivity index (χ0n) is 18.6. The second-order valence-electron chi connectivity index (χ2n) is 8.87. The van der Waals surface area contributed by atoms with Crippen molar-refractivity contribution in [3.8, 4) is 0 Å². The third-order valence-corrected chi connectivity index (χ3v) is 6.95. The van der Waals surface area contributed by atoms with Gasteiger partial charge in [-0.25, -0.2) is 9.69 Å². The van der Waals surface area contributed by atoms with Gasteiger partial charge in [0.25, 0.3) is 0 Å². The Hall–Kier alpha value is -2.13. The topological polar surface area (TPSA) is 70.2 Å². The quantitative estimate of drug-likeness (QED) is 0.491. The minimum atomic E-state index is -0.531. The lowest BCUT2D eigenvalue weighted by atomic mass is 10.1. The molecular formula is C22H29N3O4S2. The zero-order chi connectivity index (χ0) is 22.9. The Morgan fingerprint density at radius 2 is 1.68 bits per heavy atom. The van der Waals surface area contributed by atoms with Crippen molar-refractivity contribution in [1.29, 1.82) is 0 Å². The second-order valence-corrected chi connectivity index (χ2v) is 10.7. The minimum absolute atomic E-state index is 0.133. The number of imide groups is 1. The van der Waals surface area contributed by atoms with Gasteiger partial charge in [-0.1, -0.05) is 30.0 Å². The summed E-state index contributed by atoms with van der Waals surface area (Å²) in [6.45, 7) is 11.6. The van der Waals surface area contributed by atoms with E-state index in [9.17, 15) is 14.4 Å². The molecule has 2 aliphatic rings. The molecule has 0 N–H and O–H groups in total. The average molecular weight is 464 g/mol. The Morgan fingerprint density at radius 3 is 2.26 bits per heavy atom.